The first-order chi connectivity index (χ1) is 9.11. The fraction of sp³-hybridized carbons (Fsp3) is 0.462. The quantitative estimate of drug-likeness (QED) is 0.442. The average Bonchev–Trinajstić information content (AvgIpc) is 2.39. The molecule has 1 aromatic carbocycles. The van der Waals surface area contributed by atoms with Gasteiger partial charge in [-0.05, 0) is 31.2 Å². The number of methoxy groups -OCH3 is 1. The van der Waals surface area contributed by atoms with E-state index >= 15 is 0 Å². The molecule has 0 amide bonds. The van der Waals surface area contributed by atoms with E-state index in [1.54, 1.807) is 19.2 Å². The van der Waals surface area contributed by atoms with Crippen molar-refractivity contribution in [1.29, 1.82) is 0 Å². The lowest BCUT2D eigenvalue weighted by Crippen LogP contribution is -2.35. The Balaban J connectivity index is 2.32. The van der Waals surface area contributed by atoms with E-state index in [0.29, 0.717) is 31.4 Å². The van der Waals surface area contributed by atoms with Crippen molar-refractivity contribution in [2.24, 2.45) is 10.7 Å². The number of nitrogens with two attached hydrogens (primary N) is 1. The van der Waals surface area contributed by atoms with Crippen molar-refractivity contribution < 1.29 is 13.9 Å². The van der Waals surface area contributed by atoms with E-state index < -0.39 is 0 Å². The van der Waals surface area contributed by atoms with Crippen LogP contribution in [0.15, 0.2) is 29.3 Å². The minimum Gasteiger partial charge on any atom is -0.489 e. The van der Waals surface area contributed by atoms with Crippen LogP contribution in [0.4, 0.5) is 4.39 Å². The Morgan fingerprint density at radius 1 is 1.42 bits per heavy atom. The summed E-state index contributed by atoms with van der Waals surface area (Å²) >= 11 is 0. The van der Waals surface area contributed by atoms with Crippen LogP contribution < -0.4 is 15.8 Å². The van der Waals surface area contributed by atoms with Gasteiger partial charge in [0.1, 0.15) is 17.7 Å². The van der Waals surface area contributed by atoms with E-state index in [9.17, 15) is 4.39 Å². The van der Waals surface area contributed by atoms with Gasteiger partial charge < -0.3 is 20.5 Å². The molecule has 0 aliphatic rings. The maximum Gasteiger partial charge on any atom is 0.188 e. The van der Waals surface area contributed by atoms with Gasteiger partial charge >= 0.3 is 0 Å². The first-order valence-electron chi connectivity index (χ1n) is 6.06. The molecule has 5 nitrogen and oxygen atoms in total. The van der Waals surface area contributed by atoms with E-state index in [1.807, 2.05) is 6.92 Å². The van der Waals surface area contributed by atoms with Crippen molar-refractivity contribution >= 4 is 5.96 Å². The molecule has 19 heavy (non-hydrogen) atoms. The lowest BCUT2D eigenvalue weighted by molar-refractivity contribution is 0.203. The SMILES string of the molecule is COCCNC(N)=NCC(C)Oc1ccc(F)cc1. The van der Waals surface area contributed by atoms with Crippen LogP contribution in [-0.2, 0) is 4.74 Å². The monoisotopic (exact) mass is 269 g/mol. The van der Waals surface area contributed by atoms with Crippen molar-refractivity contribution in [1.82, 2.24) is 5.32 Å². The molecule has 0 spiro atoms. The predicted octanol–water partition coefficient (Wildman–Crippen LogP) is 1.14. The van der Waals surface area contributed by atoms with Crippen LogP contribution in [0.1, 0.15) is 6.92 Å². The molecule has 106 valence electrons. The molecule has 0 fully saturated rings. The molecule has 1 aromatic rings. The van der Waals surface area contributed by atoms with Gasteiger partial charge in [0.15, 0.2) is 5.96 Å². The van der Waals surface area contributed by atoms with E-state index in [4.69, 9.17) is 15.2 Å². The lowest BCUT2D eigenvalue weighted by Gasteiger charge is -2.13. The summed E-state index contributed by atoms with van der Waals surface area (Å²) in [6, 6.07) is 5.86. The van der Waals surface area contributed by atoms with E-state index in [0.717, 1.165) is 0 Å². The first-order valence-corrected chi connectivity index (χ1v) is 6.06. The highest BCUT2D eigenvalue weighted by Crippen LogP contribution is 2.12. The summed E-state index contributed by atoms with van der Waals surface area (Å²) in [5, 5.41) is 2.91. The van der Waals surface area contributed by atoms with Gasteiger partial charge in [-0.2, -0.15) is 0 Å². The molecule has 0 saturated heterocycles. The standard InChI is InChI=1S/C13H20FN3O2/c1-10(9-17-13(15)16-7-8-18-2)19-12-5-3-11(14)4-6-12/h3-6,10H,7-9H2,1-2H3,(H3,15,16,17). The third kappa shape index (κ3) is 6.61. The number of nitrogens with zero attached hydrogens (tertiary/aromatic N) is 1. The smallest absolute Gasteiger partial charge is 0.188 e. The zero-order chi connectivity index (χ0) is 14.1. The highest BCUT2D eigenvalue weighted by Gasteiger charge is 2.03. The number of rotatable bonds is 7. The van der Waals surface area contributed by atoms with Crippen molar-refractivity contribution in [3.8, 4) is 5.75 Å². The largest absolute Gasteiger partial charge is 0.489 e. The highest BCUT2D eigenvalue weighted by molar-refractivity contribution is 5.77. The molecule has 0 radical (unpaired) electrons. The number of nitrogens with one attached hydrogen (secondary N) is 1. The van der Waals surface area contributed by atoms with Gasteiger partial charge in [-0.25, -0.2) is 9.38 Å². The maximum atomic E-state index is 12.7. The van der Waals surface area contributed by atoms with Crippen LogP contribution in [0.5, 0.6) is 5.75 Å². The second kappa shape index (κ2) is 8.31. The van der Waals surface area contributed by atoms with Crippen molar-refractivity contribution in [2.45, 2.75) is 13.0 Å². The van der Waals surface area contributed by atoms with Gasteiger partial charge in [-0.3, -0.25) is 0 Å². The third-order valence-electron chi connectivity index (χ3n) is 2.28. The minimum absolute atomic E-state index is 0.145. The Morgan fingerprint density at radius 3 is 2.74 bits per heavy atom. The minimum atomic E-state index is -0.287. The van der Waals surface area contributed by atoms with E-state index in [2.05, 4.69) is 10.3 Å². The number of ether oxygens (including phenoxy) is 2. The fourth-order valence-corrected chi connectivity index (χ4v) is 1.35. The molecule has 0 saturated carbocycles. The fourth-order valence-electron chi connectivity index (χ4n) is 1.35. The second-order valence-electron chi connectivity index (χ2n) is 4.03. The predicted molar refractivity (Wildman–Crippen MR) is 72.9 cm³/mol. The van der Waals surface area contributed by atoms with Gasteiger partial charge in [0.05, 0.1) is 13.2 Å². The Kier molecular flexibility index (Phi) is 6.67. The molecule has 1 rings (SSSR count). The van der Waals surface area contributed by atoms with Crippen LogP contribution in [-0.4, -0.2) is 38.9 Å². The zero-order valence-corrected chi connectivity index (χ0v) is 11.2. The van der Waals surface area contributed by atoms with Gasteiger partial charge in [0.25, 0.3) is 0 Å². The molecule has 0 aliphatic heterocycles. The zero-order valence-electron chi connectivity index (χ0n) is 11.2. The van der Waals surface area contributed by atoms with E-state index in [1.165, 1.54) is 12.1 Å². The normalized spacial score (nSPS) is 13.1. The summed E-state index contributed by atoms with van der Waals surface area (Å²) < 4.78 is 23.2. The molecule has 1 unspecified atom stereocenters. The molecule has 3 N–H and O–H groups in total. The summed E-state index contributed by atoms with van der Waals surface area (Å²) in [6.07, 6.45) is -0.145. The summed E-state index contributed by atoms with van der Waals surface area (Å²) in [5.74, 6) is 0.672. The summed E-state index contributed by atoms with van der Waals surface area (Å²) in [4.78, 5) is 4.14. The molecular weight excluding hydrogens is 249 g/mol. The number of halogens is 1. The molecule has 1 atom stereocenters. The van der Waals surface area contributed by atoms with Gasteiger partial charge in [0.2, 0.25) is 0 Å². The Morgan fingerprint density at radius 2 is 2.11 bits per heavy atom. The molecule has 0 aliphatic carbocycles. The highest BCUT2D eigenvalue weighted by atomic mass is 19.1. The van der Waals surface area contributed by atoms with Gasteiger partial charge in [0, 0.05) is 13.7 Å². The van der Waals surface area contributed by atoms with Crippen molar-refractivity contribution in [3.63, 3.8) is 0 Å². The first kappa shape index (κ1) is 15.2. The lowest BCUT2D eigenvalue weighted by atomic mass is 10.3. The maximum absolute atomic E-state index is 12.7. The van der Waals surface area contributed by atoms with E-state index in [-0.39, 0.29) is 11.9 Å². The topological polar surface area (TPSA) is 68.9 Å². The molecule has 0 aromatic heterocycles. The van der Waals surface area contributed by atoms with Crippen LogP contribution in [0.25, 0.3) is 0 Å². The van der Waals surface area contributed by atoms with Crippen molar-refractivity contribution in [3.05, 3.63) is 30.1 Å². The van der Waals surface area contributed by atoms with Gasteiger partial charge in [-0.15, -0.1) is 0 Å². The average molecular weight is 269 g/mol. The Labute approximate surface area is 112 Å². The molecular formula is C13H20FN3O2. The van der Waals surface area contributed by atoms with Crippen LogP contribution in [0, 0.1) is 5.82 Å². The number of hydrogen-bond acceptors (Lipinski definition) is 3. The number of guanidine groups is 1. The second-order valence-corrected chi connectivity index (χ2v) is 4.03. The molecule has 0 heterocycles. The summed E-state index contributed by atoms with van der Waals surface area (Å²) in [5.41, 5.74) is 5.65. The van der Waals surface area contributed by atoms with Gasteiger partial charge in [-0.1, -0.05) is 0 Å². The molecule has 0 bridgehead atoms. The number of hydrogen-bond donors (Lipinski definition) is 2. The van der Waals surface area contributed by atoms with Crippen LogP contribution in [0.3, 0.4) is 0 Å². The molecule has 6 heteroatoms. The van der Waals surface area contributed by atoms with Crippen LogP contribution >= 0.6 is 0 Å². The van der Waals surface area contributed by atoms with Crippen molar-refractivity contribution in [2.75, 3.05) is 26.8 Å². The van der Waals surface area contributed by atoms with Crippen LogP contribution in [0.2, 0.25) is 0 Å². The third-order valence-corrected chi connectivity index (χ3v) is 2.28. The Hall–Kier alpha value is -1.82. The Bertz CT molecular complexity index is 395. The number of aliphatic imine (C=N–C) groups is 1. The number of benzene rings is 1. The summed E-state index contributed by atoms with van der Waals surface area (Å²) in [6.45, 7) is 3.47. The summed E-state index contributed by atoms with van der Waals surface area (Å²) in [7, 11) is 1.62.